The van der Waals surface area contributed by atoms with E-state index < -0.39 is 17.4 Å². The molecule has 0 spiro atoms. The molecular formula is C25H31NO5. The molecule has 2 aromatic carbocycles. The Morgan fingerprint density at radius 2 is 1.87 bits per heavy atom. The molecule has 0 atom stereocenters. The number of hydrogen-bond donors (Lipinski definition) is 2. The summed E-state index contributed by atoms with van der Waals surface area (Å²) in [5.74, 6) is 0.0717. The second-order valence-corrected chi connectivity index (χ2v) is 8.48. The number of carboxylic acid groups (broad SMARTS) is 1. The molecule has 2 aromatic rings. The molecule has 0 unspecified atom stereocenters. The highest BCUT2D eigenvalue weighted by molar-refractivity contribution is 5.98. The standard InChI is InChI=1S/C25H31NO5/c1-17-9-12-25(13-10-17,24(28)29)26-23(27)20-7-8-21(30-3)22(16-20)31-14-11-19-6-4-5-18(2)15-19/h4-8,15-17H,9-14H2,1-3H3,(H,26,27)(H,28,29)/t17-,25-. The molecule has 0 saturated heterocycles. The number of amides is 1. The van der Waals surface area contributed by atoms with Gasteiger partial charge in [0.25, 0.3) is 5.91 Å². The Labute approximate surface area is 183 Å². The lowest BCUT2D eigenvalue weighted by Crippen LogP contribution is -2.56. The van der Waals surface area contributed by atoms with Crippen molar-refractivity contribution in [3.63, 3.8) is 0 Å². The molecule has 1 fully saturated rings. The van der Waals surface area contributed by atoms with E-state index in [9.17, 15) is 14.7 Å². The Balaban J connectivity index is 1.71. The van der Waals surface area contributed by atoms with E-state index >= 15 is 0 Å². The lowest BCUT2D eigenvalue weighted by atomic mass is 9.77. The summed E-state index contributed by atoms with van der Waals surface area (Å²) in [6.07, 6.45) is 3.16. The first-order chi connectivity index (χ1) is 14.8. The van der Waals surface area contributed by atoms with Crippen molar-refractivity contribution in [2.45, 2.75) is 51.5 Å². The average Bonchev–Trinajstić information content (AvgIpc) is 2.75. The summed E-state index contributed by atoms with van der Waals surface area (Å²) in [6.45, 7) is 4.59. The summed E-state index contributed by atoms with van der Waals surface area (Å²) >= 11 is 0. The summed E-state index contributed by atoms with van der Waals surface area (Å²) in [5.41, 5.74) is 1.50. The topological polar surface area (TPSA) is 84.9 Å². The Morgan fingerprint density at radius 3 is 2.52 bits per heavy atom. The van der Waals surface area contributed by atoms with Gasteiger partial charge in [0.15, 0.2) is 11.5 Å². The Morgan fingerprint density at radius 1 is 1.13 bits per heavy atom. The summed E-state index contributed by atoms with van der Waals surface area (Å²) in [6, 6.07) is 13.1. The molecule has 6 heteroatoms. The lowest BCUT2D eigenvalue weighted by Gasteiger charge is -2.36. The van der Waals surface area contributed by atoms with Gasteiger partial charge in [0.1, 0.15) is 5.54 Å². The highest BCUT2D eigenvalue weighted by atomic mass is 16.5. The minimum atomic E-state index is -1.21. The summed E-state index contributed by atoms with van der Waals surface area (Å²) in [5, 5.41) is 12.6. The highest BCUT2D eigenvalue weighted by Gasteiger charge is 2.42. The quantitative estimate of drug-likeness (QED) is 0.655. The third-order valence-electron chi connectivity index (χ3n) is 6.05. The first kappa shape index (κ1) is 22.7. The second-order valence-electron chi connectivity index (χ2n) is 8.48. The van der Waals surface area contributed by atoms with Crippen molar-refractivity contribution in [3.8, 4) is 11.5 Å². The van der Waals surface area contributed by atoms with E-state index in [1.165, 1.54) is 11.1 Å². The maximum absolute atomic E-state index is 12.9. The Hall–Kier alpha value is -3.02. The van der Waals surface area contributed by atoms with Gasteiger partial charge in [-0.05, 0) is 62.3 Å². The third-order valence-corrected chi connectivity index (χ3v) is 6.05. The SMILES string of the molecule is COc1ccc(C(=O)N[C@]2(C(=O)O)CC[C@@H](C)CC2)cc1OCCc1cccc(C)c1. The number of carboxylic acids is 1. The molecule has 1 saturated carbocycles. The van der Waals surface area contributed by atoms with E-state index in [4.69, 9.17) is 9.47 Å². The van der Waals surface area contributed by atoms with E-state index in [0.717, 1.165) is 19.3 Å². The summed E-state index contributed by atoms with van der Waals surface area (Å²) in [4.78, 5) is 24.9. The van der Waals surface area contributed by atoms with Crippen LogP contribution in [0.15, 0.2) is 42.5 Å². The molecule has 31 heavy (non-hydrogen) atoms. The van der Waals surface area contributed by atoms with Crippen molar-refractivity contribution >= 4 is 11.9 Å². The Kier molecular flexibility index (Phi) is 7.21. The van der Waals surface area contributed by atoms with E-state index in [1.54, 1.807) is 25.3 Å². The normalized spacial score (nSPS) is 20.7. The summed E-state index contributed by atoms with van der Waals surface area (Å²) < 4.78 is 11.3. The molecule has 1 amide bonds. The van der Waals surface area contributed by atoms with Gasteiger partial charge in [0.2, 0.25) is 0 Å². The van der Waals surface area contributed by atoms with Crippen LogP contribution >= 0.6 is 0 Å². The molecule has 0 radical (unpaired) electrons. The van der Waals surface area contributed by atoms with Crippen LogP contribution in [0.3, 0.4) is 0 Å². The first-order valence-electron chi connectivity index (χ1n) is 10.8. The van der Waals surface area contributed by atoms with Crippen LogP contribution in [-0.2, 0) is 11.2 Å². The van der Waals surface area contributed by atoms with E-state index in [-0.39, 0.29) is 0 Å². The number of methoxy groups -OCH3 is 1. The van der Waals surface area contributed by atoms with Crippen LogP contribution in [0, 0.1) is 12.8 Å². The van der Waals surface area contributed by atoms with E-state index in [0.29, 0.717) is 42.4 Å². The molecule has 2 N–H and O–H groups in total. The zero-order valence-corrected chi connectivity index (χ0v) is 18.4. The highest BCUT2D eigenvalue weighted by Crippen LogP contribution is 2.33. The zero-order chi connectivity index (χ0) is 22.4. The van der Waals surface area contributed by atoms with E-state index in [1.807, 2.05) is 25.1 Å². The van der Waals surface area contributed by atoms with Gasteiger partial charge in [0, 0.05) is 12.0 Å². The molecule has 6 nitrogen and oxygen atoms in total. The fourth-order valence-corrected chi connectivity index (χ4v) is 4.01. The number of hydrogen-bond acceptors (Lipinski definition) is 4. The van der Waals surface area contributed by atoms with Gasteiger partial charge in [0.05, 0.1) is 13.7 Å². The molecule has 0 aliphatic heterocycles. The van der Waals surface area contributed by atoms with Crippen LogP contribution in [0.1, 0.15) is 54.1 Å². The van der Waals surface area contributed by atoms with Crippen LogP contribution in [0.4, 0.5) is 0 Å². The van der Waals surface area contributed by atoms with Crippen molar-refractivity contribution in [3.05, 3.63) is 59.2 Å². The number of carbonyl (C=O) groups excluding carboxylic acids is 1. The first-order valence-corrected chi connectivity index (χ1v) is 10.8. The van der Waals surface area contributed by atoms with E-state index in [2.05, 4.69) is 18.3 Å². The minimum absolute atomic E-state index is 0.352. The fourth-order valence-electron chi connectivity index (χ4n) is 4.01. The van der Waals surface area contributed by atoms with Gasteiger partial charge < -0.3 is 19.9 Å². The second kappa shape index (κ2) is 9.86. The molecular weight excluding hydrogens is 394 g/mol. The number of carbonyl (C=O) groups is 2. The maximum Gasteiger partial charge on any atom is 0.329 e. The van der Waals surface area contributed by atoms with Gasteiger partial charge in [-0.15, -0.1) is 0 Å². The van der Waals surface area contributed by atoms with Crippen LogP contribution in [-0.4, -0.2) is 36.2 Å². The monoisotopic (exact) mass is 425 g/mol. The maximum atomic E-state index is 12.9. The van der Waals surface area contributed by atoms with Crippen molar-refractivity contribution in [1.29, 1.82) is 0 Å². The molecule has 166 valence electrons. The van der Waals surface area contributed by atoms with Crippen molar-refractivity contribution in [1.82, 2.24) is 5.32 Å². The van der Waals surface area contributed by atoms with Crippen LogP contribution in [0.5, 0.6) is 11.5 Å². The van der Waals surface area contributed by atoms with Gasteiger partial charge in [-0.25, -0.2) is 4.79 Å². The third kappa shape index (κ3) is 5.57. The summed E-state index contributed by atoms with van der Waals surface area (Å²) in [7, 11) is 1.55. The van der Waals surface area contributed by atoms with Gasteiger partial charge in [-0.3, -0.25) is 4.79 Å². The van der Waals surface area contributed by atoms with Gasteiger partial charge in [-0.2, -0.15) is 0 Å². The van der Waals surface area contributed by atoms with Crippen molar-refractivity contribution < 1.29 is 24.2 Å². The van der Waals surface area contributed by atoms with Crippen LogP contribution in [0.25, 0.3) is 0 Å². The van der Waals surface area contributed by atoms with Gasteiger partial charge in [-0.1, -0.05) is 36.8 Å². The smallest absolute Gasteiger partial charge is 0.329 e. The minimum Gasteiger partial charge on any atom is -0.493 e. The van der Waals surface area contributed by atoms with Crippen molar-refractivity contribution in [2.24, 2.45) is 5.92 Å². The Bertz CT molecular complexity index is 931. The number of aryl methyl sites for hydroxylation is 1. The predicted octanol–water partition coefficient (Wildman–Crippen LogP) is 4.39. The average molecular weight is 426 g/mol. The number of rotatable bonds is 8. The van der Waals surface area contributed by atoms with Crippen molar-refractivity contribution in [2.75, 3.05) is 13.7 Å². The predicted molar refractivity (Wildman–Crippen MR) is 119 cm³/mol. The number of aliphatic carboxylic acids is 1. The largest absolute Gasteiger partial charge is 0.493 e. The van der Waals surface area contributed by atoms with Gasteiger partial charge >= 0.3 is 5.97 Å². The molecule has 0 heterocycles. The van der Waals surface area contributed by atoms with Crippen LogP contribution < -0.4 is 14.8 Å². The fraction of sp³-hybridized carbons (Fsp3) is 0.440. The lowest BCUT2D eigenvalue weighted by molar-refractivity contribution is -0.146. The number of ether oxygens (including phenoxy) is 2. The number of benzene rings is 2. The molecule has 0 aromatic heterocycles. The molecule has 1 aliphatic carbocycles. The molecule has 1 aliphatic rings. The molecule has 0 bridgehead atoms. The van der Waals surface area contributed by atoms with Crippen LogP contribution in [0.2, 0.25) is 0 Å². The number of nitrogens with one attached hydrogen (secondary N) is 1. The zero-order valence-electron chi connectivity index (χ0n) is 18.4. The molecule has 3 rings (SSSR count).